The second-order valence-electron chi connectivity index (χ2n) is 6.61. The molecule has 142 valence electrons. The first-order valence-electron chi connectivity index (χ1n) is 8.97. The Labute approximate surface area is 159 Å². The van der Waals surface area contributed by atoms with Gasteiger partial charge >= 0.3 is 0 Å². The molecular weight excluding hydrogens is 342 g/mol. The third-order valence-electron chi connectivity index (χ3n) is 4.32. The zero-order valence-corrected chi connectivity index (χ0v) is 16.2. The molecule has 1 aromatic carbocycles. The highest BCUT2D eigenvalue weighted by atomic mass is 16.5. The molecule has 2 aromatic heterocycles. The molecular formula is C20H25N5O2. The lowest BCUT2D eigenvalue weighted by molar-refractivity contribution is 0.0775. The first-order valence-corrected chi connectivity index (χ1v) is 8.97. The van der Waals surface area contributed by atoms with Crippen molar-refractivity contribution in [3.05, 3.63) is 65.2 Å². The molecule has 0 bridgehead atoms. The van der Waals surface area contributed by atoms with Gasteiger partial charge in [0.25, 0.3) is 5.91 Å². The second kappa shape index (κ2) is 8.07. The Morgan fingerprint density at radius 2 is 1.89 bits per heavy atom. The second-order valence-corrected chi connectivity index (χ2v) is 6.61. The minimum atomic E-state index is -0.147. The number of hydrogen-bond acceptors (Lipinski definition) is 4. The van der Waals surface area contributed by atoms with E-state index in [9.17, 15) is 4.79 Å². The van der Waals surface area contributed by atoms with Crippen LogP contribution < -0.4 is 4.74 Å². The third-order valence-corrected chi connectivity index (χ3v) is 4.32. The summed E-state index contributed by atoms with van der Waals surface area (Å²) in [4.78, 5) is 14.2. The smallest absolute Gasteiger partial charge is 0.274 e. The summed E-state index contributed by atoms with van der Waals surface area (Å²) < 4.78 is 9.29. The van der Waals surface area contributed by atoms with Gasteiger partial charge in [0.2, 0.25) is 0 Å². The minimum absolute atomic E-state index is 0.147. The Morgan fingerprint density at radius 3 is 2.63 bits per heavy atom. The van der Waals surface area contributed by atoms with E-state index in [1.165, 1.54) is 0 Å². The van der Waals surface area contributed by atoms with E-state index in [1.54, 1.807) is 28.9 Å². The van der Waals surface area contributed by atoms with E-state index in [2.05, 4.69) is 10.2 Å². The molecule has 0 aliphatic carbocycles. The van der Waals surface area contributed by atoms with E-state index in [0.717, 1.165) is 29.1 Å². The van der Waals surface area contributed by atoms with Crippen LogP contribution in [0.4, 0.5) is 0 Å². The number of hydrogen-bond donors (Lipinski definition) is 0. The summed E-state index contributed by atoms with van der Waals surface area (Å²) in [5.41, 5.74) is 3.44. The number of carbonyl (C=O) groups is 1. The van der Waals surface area contributed by atoms with Crippen molar-refractivity contribution in [3.63, 3.8) is 0 Å². The first kappa shape index (κ1) is 18.7. The average Bonchev–Trinajstić information content (AvgIpc) is 3.31. The number of rotatable bonds is 7. The van der Waals surface area contributed by atoms with Crippen LogP contribution in [0.1, 0.15) is 34.2 Å². The lowest BCUT2D eigenvalue weighted by Gasteiger charge is -2.14. The van der Waals surface area contributed by atoms with Gasteiger partial charge in [0.15, 0.2) is 12.4 Å². The van der Waals surface area contributed by atoms with Crippen molar-refractivity contribution in [2.75, 3.05) is 7.05 Å². The Bertz CT molecular complexity index is 928. The molecule has 3 aromatic rings. The average molecular weight is 367 g/mol. The molecule has 0 saturated carbocycles. The monoisotopic (exact) mass is 367 g/mol. The SMILES string of the molecule is CCn1ccc(CN(C)C(=O)c2ccn(COc3cc(C)ccc3C)n2)n1. The summed E-state index contributed by atoms with van der Waals surface area (Å²) >= 11 is 0. The number of nitrogens with zero attached hydrogens (tertiary/aromatic N) is 5. The van der Waals surface area contributed by atoms with Crippen LogP contribution in [0.5, 0.6) is 5.75 Å². The zero-order chi connectivity index (χ0) is 19.4. The topological polar surface area (TPSA) is 65.2 Å². The molecule has 0 N–H and O–H groups in total. The van der Waals surface area contributed by atoms with E-state index in [1.807, 2.05) is 55.9 Å². The number of aromatic nitrogens is 4. The van der Waals surface area contributed by atoms with Crippen LogP contribution in [0.25, 0.3) is 0 Å². The molecule has 0 radical (unpaired) electrons. The Hall–Kier alpha value is -3.09. The van der Waals surface area contributed by atoms with E-state index in [0.29, 0.717) is 12.2 Å². The Kier molecular flexibility index (Phi) is 5.59. The van der Waals surface area contributed by atoms with Crippen molar-refractivity contribution < 1.29 is 9.53 Å². The van der Waals surface area contributed by atoms with Gasteiger partial charge in [0, 0.05) is 26.0 Å². The van der Waals surface area contributed by atoms with Gasteiger partial charge in [-0.15, -0.1) is 0 Å². The van der Waals surface area contributed by atoms with Gasteiger partial charge in [-0.2, -0.15) is 10.2 Å². The molecule has 0 fully saturated rings. The van der Waals surface area contributed by atoms with Crippen molar-refractivity contribution in [2.45, 2.75) is 40.6 Å². The number of aryl methyl sites for hydroxylation is 3. The number of benzene rings is 1. The van der Waals surface area contributed by atoms with Crippen molar-refractivity contribution >= 4 is 5.91 Å². The lowest BCUT2D eigenvalue weighted by atomic mass is 10.1. The van der Waals surface area contributed by atoms with Crippen LogP contribution in [-0.2, 0) is 19.8 Å². The van der Waals surface area contributed by atoms with Gasteiger partial charge in [0.05, 0.1) is 12.2 Å². The number of amides is 1. The maximum Gasteiger partial charge on any atom is 0.274 e. The maximum absolute atomic E-state index is 12.6. The summed E-state index contributed by atoms with van der Waals surface area (Å²) in [5, 5.41) is 8.74. The molecule has 0 spiro atoms. The highest BCUT2D eigenvalue weighted by molar-refractivity contribution is 5.91. The Balaban J connectivity index is 1.60. The molecule has 0 atom stereocenters. The molecule has 7 nitrogen and oxygen atoms in total. The first-order chi connectivity index (χ1) is 13.0. The van der Waals surface area contributed by atoms with Gasteiger partial charge in [-0.3, -0.25) is 9.48 Å². The highest BCUT2D eigenvalue weighted by Crippen LogP contribution is 2.19. The lowest BCUT2D eigenvalue weighted by Crippen LogP contribution is -2.27. The highest BCUT2D eigenvalue weighted by Gasteiger charge is 2.16. The van der Waals surface area contributed by atoms with Gasteiger partial charge in [-0.25, -0.2) is 4.68 Å². The fraction of sp³-hybridized carbons (Fsp3) is 0.350. The zero-order valence-electron chi connectivity index (χ0n) is 16.2. The molecule has 0 aliphatic rings. The van der Waals surface area contributed by atoms with Crippen molar-refractivity contribution in [3.8, 4) is 5.75 Å². The van der Waals surface area contributed by atoms with Crippen LogP contribution in [-0.4, -0.2) is 37.4 Å². The Morgan fingerprint density at radius 1 is 1.11 bits per heavy atom. The van der Waals surface area contributed by atoms with Crippen LogP contribution in [0.2, 0.25) is 0 Å². The summed E-state index contributed by atoms with van der Waals surface area (Å²) in [6, 6.07) is 9.69. The van der Waals surface area contributed by atoms with Gasteiger partial charge in [-0.1, -0.05) is 12.1 Å². The van der Waals surface area contributed by atoms with Crippen molar-refractivity contribution in [1.82, 2.24) is 24.5 Å². The largest absolute Gasteiger partial charge is 0.471 e. The molecule has 7 heteroatoms. The molecule has 2 heterocycles. The summed E-state index contributed by atoms with van der Waals surface area (Å²) in [7, 11) is 1.75. The predicted molar refractivity (Wildman–Crippen MR) is 102 cm³/mol. The molecule has 0 saturated heterocycles. The molecule has 3 rings (SSSR count). The van der Waals surface area contributed by atoms with E-state index < -0.39 is 0 Å². The van der Waals surface area contributed by atoms with Gasteiger partial charge < -0.3 is 9.64 Å². The summed E-state index contributed by atoms with van der Waals surface area (Å²) in [6.07, 6.45) is 3.66. The van der Waals surface area contributed by atoms with Crippen molar-refractivity contribution in [1.29, 1.82) is 0 Å². The summed E-state index contributed by atoms with van der Waals surface area (Å²) in [6.45, 7) is 7.55. The third kappa shape index (κ3) is 4.55. The number of carbonyl (C=O) groups excluding carboxylic acids is 1. The predicted octanol–water partition coefficient (Wildman–Crippen LogP) is 3.03. The van der Waals surface area contributed by atoms with Crippen LogP contribution in [0.15, 0.2) is 42.7 Å². The van der Waals surface area contributed by atoms with Crippen LogP contribution in [0.3, 0.4) is 0 Å². The number of ether oxygens (including phenoxy) is 1. The maximum atomic E-state index is 12.6. The van der Waals surface area contributed by atoms with E-state index >= 15 is 0 Å². The van der Waals surface area contributed by atoms with Crippen LogP contribution >= 0.6 is 0 Å². The van der Waals surface area contributed by atoms with Gasteiger partial charge in [0.1, 0.15) is 5.75 Å². The minimum Gasteiger partial charge on any atom is -0.471 e. The molecule has 1 amide bonds. The fourth-order valence-electron chi connectivity index (χ4n) is 2.72. The van der Waals surface area contributed by atoms with Gasteiger partial charge in [-0.05, 0) is 50.1 Å². The molecule has 0 unspecified atom stereocenters. The van der Waals surface area contributed by atoms with E-state index in [-0.39, 0.29) is 12.6 Å². The fourth-order valence-corrected chi connectivity index (χ4v) is 2.72. The molecule has 27 heavy (non-hydrogen) atoms. The van der Waals surface area contributed by atoms with Crippen LogP contribution in [0, 0.1) is 13.8 Å². The normalized spacial score (nSPS) is 10.8. The van der Waals surface area contributed by atoms with Crippen molar-refractivity contribution in [2.24, 2.45) is 0 Å². The quantitative estimate of drug-likeness (QED) is 0.644. The molecule has 0 aliphatic heterocycles. The van der Waals surface area contributed by atoms with E-state index in [4.69, 9.17) is 4.74 Å². The summed E-state index contributed by atoms with van der Waals surface area (Å²) in [5.74, 6) is 0.675. The standard InChI is InChI=1S/C20H25N5O2/c1-5-24-10-8-17(21-24)13-23(4)20(26)18-9-11-25(22-18)14-27-19-12-15(2)6-7-16(19)3/h6-12H,5,13-14H2,1-4H3.